The summed E-state index contributed by atoms with van der Waals surface area (Å²) in [6.07, 6.45) is 1.59. The molecule has 142 valence electrons. The molecule has 2 amide bonds. The van der Waals surface area contributed by atoms with E-state index in [0.717, 1.165) is 17.3 Å². The average molecular weight is 396 g/mol. The number of para-hydroxylation sites is 1. The molecule has 2 aromatic rings. The number of anilines is 1. The van der Waals surface area contributed by atoms with E-state index in [9.17, 15) is 9.59 Å². The number of amidine groups is 1. The first-order valence-electron chi connectivity index (χ1n) is 8.46. The van der Waals surface area contributed by atoms with Crippen molar-refractivity contribution in [3.05, 3.63) is 54.1 Å². The maximum Gasteiger partial charge on any atom is 0.247 e. The normalized spacial score (nSPS) is 19.1. The number of rotatable bonds is 4. The highest BCUT2D eigenvalue weighted by molar-refractivity contribution is 8.14. The molecule has 2 aliphatic heterocycles. The third kappa shape index (κ3) is 3.70. The highest BCUT2D eigenvalue weighted by atomic mass is 32.2. The Labute approximate surface area is 165 Å². The zero-order chi connectivity index (χ0) is 19.5. The second kappa shape index (κ2) is 7.73. The topological polar surface area (TPSA) is 107 Å². The molecule has 0 radical (unpaired) electrons. The largest absolute Gasteiger partial charge is 0.454 e. The molecule has 1 saturated heterocycles. The SMILES string of the molecule is NC(=NN=Cc1ccc2c(c1)OCO2)S[C@@H]1CC(=O)N(c2ccccc2)C1=O. The molecule has 2 N–H and O–H groups in total. The molecular weight excluding hydrogens is 380 g/mol. The molecule has 0 unspecified atom stereocenters. The van der Waals surface area contributed by atoms with Crippen molar-refractivity contribution in [2.75, 3.05) is 11.7 Å². The van der Waals surface area contributed by atoms with E-state index in [-0.39, 0.29) is 30.2 Å². The maximum absolute atomic E-state index is 12.6. The van der Waals surface area contributed by atoms with Crippen LogP contribution in [0.4, 0.5) is 5.69 Å². The molecule has 0 aromatic heterocycles. The number of fused-ring (bicyclic) bond motifs is 1. The van der Waals surface area contributed by atoms with Gasteiger partial charge in [0.2, 0.25) is 18.6 Å². The van der Waals surface area contributed by atoms with Gasteiger partial charge in [0.15, 0.2) is 16.7 Å². The number of carbonyl (C=O) groups is 2. The number of ether oxygens (including phenoxy) is 2. The summed E-state index contributed by atoms with van der Waals surface area (Å²) < 4.78 is 10.5. The van der Waals surface area contributed by atoms with E-state index in [2.05, 4.69) is 10.2 Å². The lowest BCUT2D eigenvalue weighted by Crippen LogP contribution is -2.31. The molecule has 2 aromatic carbocycles. The summed E-state index contributed by atoms with van der Waals surface area (Å²) in [4.78, 5) is 26.0. The Hall–Kier alpha value is -3.33. The van der Waals surface area contributed by atoms with Crippen molar-refractivity contribution in [1.29, 1.82) is 0 Å². The van der Waals surface area contributed by atoms with Crippen LogP contribution >= 0.6 is 11.8 Å². The van der Waals surface area contributed by atoms with Crippen molar-refractivity contribution in [2.24, 2.45) is 15.9 Å². The number of hydrogen-bond donors (Lipinski definition) is 1. The summed E-state index contributed by atoms with van der Waals surface area (Å²) >= 11 is 1.03. The van der Waals surface area contributed by atoms with Crippen LogP contribution in [-0.2, 0) is 9.59 Å². The second-order valence-electron chi connectivity index (χ2n) is 6.01. The first-order valence-corrected chi connectivity index (χ1v) is 9.34. The molecule has 8 nitrogen and oxygen atoms in total. The number of thioether (sulfide) groups is 1. The summed E-state index contributed by atoms with van der Waals surface area (Å²) in [5.41, 5.74) is 7.20. The lowest BCUT2D eigenvalue weighted by molar-refractivity contribution is -0.121. The zero-order valence-corrected chi connectivity index (χ0v) is 15.5. The summed E-state index contributed by atoms with van der Waals surface area (Å²) in [6, 6.07) is 14.2. The van der Waals surface area contributed by atoms with Crippen LogP contribution in [0.5, 0.6) is 11.5 Å². The number of nitrogens with zero attached hydrogens (tertiary/aromatic N) is 3. The summed E-state index contributed by atoms with van der Waals surface area (Å²) in [7, 11) is 0. The first-order chi connectivity index (χ1) is 13.6. The Morgan fingerprint density at radius 3 is 2.75 bits per heavy atom. The average Bonchev–Trinajstić information content (AvgIpc) is 3.26. The molecule has 2 heterocycles. The van der Waals surface area contributed by atoms with Gasteiger partial charge in [-0.3, -0.25) is 9.59 Å². The fraction of sp³-hybridized carbons (Fsp3) is 0.158. The van der Waals surface area contributed by atoms with Gasteiger partial charge in [0.1, 0.15) is 5.25 Å². The van der Waals surface area contributed by atoms with Crippen LogP contribution in [0.15, 0.2) is 58.7 Å². The van der Waals surface area contributed by atoms with Crippen LogP contribution in [0.2, 0.25) is 0 Å². The Bertz CT molecular complexity index is 977. The van der Waals surface area contributed by atoms with Crippen molar-refractivity contribution >= 4 is 40.6 Å². The molecule has 4 rings (SSSR count). The van der Waals surface area contributed by atoms with E-state index in [1.807, 2.05) is 12.1 Å². The minimum absolute atomic E-state index is 0.0699. The van der Waals surface area contributed by atoms with E-state index >= 15 is 0 Å². The van der Waals surface area contributed by atoms with Crippen molar-refractivity contribution in [3.8, 4) is 11.5 Å². The highest BCUT2D eigenvalue weighted by Crippen LogP contribution is 2.32. The molecule has 2 aliphatic rings. The molecule has 0 saturated carbocycles. The third-order valence-corrected chi connectivity index (χ3v) is 5.12. The van der Waals surface area contributed by atoms with E-state index in [0.29, 0.717) is 17.2 Å². The van der Waals surface area contributed by atoms with Crippen LogP contribution < -0.4 is 20.1 Å². The van der Waals surface area contributed by atoms with Gasteiger partial charge in [0.25, 0.3) is 0 Å². The van der Waals surface area contributed by atoms with Crippen molar-refractivity contribution in [1.82, 2.24) is 0 Å². The lowest BCUT2D eigenvalue weighted by atomic mass is 10.2. The van der Waals surface area contributed by atoms with E-state index in [1.165, 1.54) is 11.1 Å². The molecule has 1 atom stereocenters. The minimum Gasteiger partial charge on any atom is -0.454 e. The number of nitrogens with two attached hydrogens (primary N) is 1. The van der Waals surface area contributed by atoms with Crippen LogP contribution in [0.1, 0.15) is 12.0 Å². The van der Waals surface area contributed by atoms with Crippen LogP contribution in [0.3, 0.4) is 0 Å². The zero-order valence-electron chi connectivity index (χ0n) is 14.6. The first kappa shape index (κ1) is 18.1. The highest BCUT2D eigenvalue weighted by Gasteiger charge is 2.40. The van der Waals surface area contributed by atoms with E-state index in [4.69, 9.17) is 15.2 Å². The van der Waals surface area contributed by atoms with Crippen LogP contribution in [0, 0.1) is 0 Å². The molecule has 1 fully saturated rings. The molecular formula is C19H16N4O4S. The quantitative estimate of drug-likeness (QED) is 0.367. The van der Waals surface area contributed by atoms with Crippen molar-refractivity contribution in [3.63, 3.8) is 0 Å². The van der Waals surface area contributed by atoms with E-state index in [1.54, 1.807) is 36.4 Å². The summed E-state index contributed by atoms with van der Waals surface area (Å²) in [5.74, 6) is 0.763. The monoisotopic (exact) mass is 396 g/mol. The molecule has 0 spiro atoms. The standard InChI is InChI=1S/C19H16N4O4S/c20-19(22-21-10-12-6-7-14-15(8-12)27-11-26-14)28-16-9-17(24)23(18(16)25)13-4-2-1-3-5-13/h1-8,10,16H,9,11H2,(H2,20,22)/t16-/m1/s1. The van der Waals surface area contributed by atoms with E-state index < -0.39 is 5.25 Å². The Morgan fingerprint density at radius 1 is 1.14 bits per heavy atom. The molecule has 0 aliphatic carbocycles. The van der Waals surface area contributed by atoms with Crippen LogP contribution in [-0.4, -0.2) is 35.2 Å². The van der Waals surface area contributed by atoms with Gasteiger partial charge in [0, 0.05) is 6.42 Å². The van der Waals surface area contributed by atoms with Gasteiger partial charge in [-0.05, 0) is 35.9 Å². The van der Waals surface area contributed by atoms with Gasteiger partial charge in [0.05, 0.1) is 11.9 Å². The number of amides is 2. The second-order valence-corrected chi connectivity index (χ2v) is 7.23. The van der Waals surface area contributed by atoms with Gasteiger partial charge in [-0.1, -0.05) is 30.0 Å². The Balaban J connectivity index is 1.40. The van der Waals surface area contributed by atoms with Gasteiger partial charge in [-0.2, -0.15) is 5.10 Å². The van der Waals surface area contributed by atoms with Crippen molar-refractivity contribution < 1.29 is 19.1 Å². The number of imide groups is 1. The number of benzene rings is 2. The number of carbonyl (C=O) groups excluding carboxylic acids is 2. The number of hydrogen-bond acceptors (Lipinski definition) is 7. The van der Waals surface area contributed by atoms with Crippen molar-refractivity contribution in [2.45, 2.75) is 11.7 Å². The fourth-order valence-corrected chi connectivity index (χ4v) is 3.68. The van der Waals surface area contributed by atoms with Gasteiger partial charge in [-0.15, -0.1) is 5.10 Å². The predicted molar refractivity (Wildman–Crippen MR) is 107 cm³/mol. The Kier molecular flexibility index (Phi) is 4.98. The van der Waals surface area contributed by atoms with Gasteiger partial charge in [-0.25, -0.2) is 4.90 Å². The fourth-order valence-electron chi connectivity index (χ4n) is 2.86. The maximum atomic E-state index is 12.6. The molecule has 28 heavy (non-hydrogen) atoms. The summed E-state index contributed by atoms with van der Waals surface area (Å²) in [6.45, 7) is 0.200. The van der Waals surface area contributed by atoms with Gasteiger partial charge < -0.3 is 15.2 Å². The lowest BCUT2D eigenvalue weighted by Gasteiger charge is -2.14. The van der Waals surface area contributed by atoms with Gasteiger partial charge >= 0.3 is 0 Å². The van der Waals surface area contributed by atoms with Crippen LogP contribution in [0.25, 0.3) is 0 Å². The Morgan fingerprint density at radius 2 is 1.93 bits per heavy atom. The molecule has 0 bridgehead atoms. The third-order valence-electron chi connectivity index (χ3n) is 4.14. The smallest absolute Gasteiger partial charge is 0.247 e. The summed E-state index contributed by atoms with van der Waals surface area (Å²) in [5, 5.41) is 7.34. The molecule has 9 heteroatoms. The predicted octanol–water partition coefficient (Wildman–Crippen LogP) is 2.13. The minimum atomic E-state index is -0.614.